The maximum absolute atomic E-state index is 12.3. The molecule has 0 saturated heterocycles. The van der Waals surface area contributed by atoms with Crippen molar-refractivity contribution in [2.75, 3.05) is 0 Å². The first kappa shape index (κ1) is 14.8. The molecule has 0 fully saturated rings. The molecular weight excluding hydrogens is 266 g/mol. The standard InChI is InChI=1S/C17H17NO3/c1-4-9-18-15(8-7-14(16(18)19)17(20)21)13-6-5-11(2)10-12(13)3/h4-8,10H,1,9H2,2-3H3,(H,20,21). The molecule has 2 rings (SSSR count). The van der Waals surface area contributed by atoms with Gasteiger partial charge in [-0.2, -0.15) is 0 Å². The van der Waals surface area contributed by atoms with Crippen LogP contribution in [0.15, 0.2) is 47.8 Å². The number of benzene rings is 1. The first-order valence-electron chi connectivity index (χ1n) is 6.61. The molecule has 0 aliphatic heterocycles. The summed E-state index contributed by atoms with van der Waals surface area (Å²) >= 11 is 0. The van der Waals surface area contributed by atoms with Crippen molar-refractivity contribution in [2.45, 2.75) is 20.4 Å². The molecular formula is C17H17NO3. The summed E-state index contributed by atoms with van der Waals surface area (Å²) in [4.78, 5) is 23.4. The third-order valence-corrected chi connectivity index (χ3v) is 3.37. The van der Waals surface area contributed by atoms with E-state index in [0.29, 0.717) is 5.69 Å². The van der Waals surface area contributed by atoms with Crippen molar-refractivity contribution in [3.63, 3.8) is 0 Å². The van der Waals surface area contributed by atoms with Crippen molar-refractivity contribution in [2.24, 2.45) is 0 Å². The van der Waals surface area contributed by atoms with Gasteiger partial charge in [-0.1, -0.05) is 29.8 Å². The lowest BCUT2D eigenvalue weighted by Gasteiger charge is -2.14. The Morgan fingerprint density at radius 3 is 2.57 bits per heavy atom. The van der Waals surface area contributed by atoms with Crippen molar-refractivity contribution in [1.82, 2.24) is 4.57 Å². The second-order valence-electron chi connectivity index (χ2n) is 4.96. The van der Waals surface area contributed by atoms with Crippen LogP contribution >= 0.6 is 0 Å². The molecule has 0 atom stereocenters. The zero-order chi connectivity index (χ0) is 15.6. The molecule has 1 N–H and O–H groups in total. The number of rotatable bonds is 4. The Bertz CT molecular complexity index is 772. The van der Waals surface area contributed by atoms with Gasteiger partial charge in [0, 0.05) is 12.1 Å². The Hall–Kier alpha value is -2.62. The van der Waals surface area contributed by atoms with Crippen molar-refractivity contribution in [3.8, 4) is 11.3 Å². The summed E-state index contributed by atoms with van der Waals surface area (Å²) in [6.45, 7) is 7.87. The summed E-state index contributed by atoms with van der Waals surface area (Å²) in [6, 6.07) is 8.98. The Morgan fingerprint density at radius 1 is 1.29 bits per heavy atom. The van der Waals surface area contributed by atoms with E-state index in [1.165, 1.54) is 10.6 Å². The number of nitrogens with zero attached hydrogens (tertiary/aromatic N) is 1. The molecule has 108 valence electrons. The molecule has 0 amide bonds. The maximum atomic E-state index is 12.3. The molecule has 0 aliphatic carbocycles. The normalized spacial score (nSPS) is 10.4. The van der Waals surface area contributed by atoms with Gasteiger partial charge in [0.2, 0.25) is 0 Å². The van der Waals surface area contributed by atoms with E-state index in [1.807, 2.05) is 32.0 Å². The molecule has 1 aromatic carbocycles. The lowest BCUT2D eigenvalue weighted by atomic mass is 10.0. The number of aromatic carboxylic acids is 1. The number of hydrogen-bond acceptors (Lipinski definition) is 2. The first-order valence-corrected chi connectivity index (χ1v) is 6.61. The SMILES string of the molecule is C=CCn1c(-c2ccc(C)cc2C)ccc(C(=O)O)c1=O. The quantitative estimate of drug-likeness (QED) is 0.877. The van der Waals surface area contributed by atoms with Crippen LogP contribution in [0.2, 0.25) is 0 Å². The molecule has 0 saturated carbocycles. The summed E-state index contributed by atoms with van der Waals surface area (Å²) in [5.41, 5.74) is 3.04. The van der Waals surface area contributed by atoms with Gasteiger partial charge in [-0.25, -0.2) is 4.79 Å². The van der Waals surface area contributed by atoms with E-state index in [0.717, 1.165) is 16.7 Å². The van der Waals surface area contributed by atoms with E-state index in [-0.39, 0.29) is 12.1 Å². The highest BCUT2D eigenvalue weighted by Crippen LogP contribution is 2.23. The van der Waals surface area contributed by atoms with Gasteiger partial charge < -0.3 is 9.67 Å². The molecule has 0 spiro atoms. The number of carbonyl (C=O) groups is 1. The average molecular weight is 283 g/mol. The highest BCUT2D eigenvalue weighted by atomic mass is 16.4. The van der Waals surface area contributed by atoms with Crippen LogP contribution in [-0.2, 0) is 6.54 Å². The largest absolute Gasteiger partial charge is 0.477 e. The summed E-state index contributed by atoms with van der Waals surface area (Å²) in [6.07, 6.45) is 1.58. The van der Waals surface area contributed by atoms with E-state index in [9.17, 15) is 9.59 Å². The number of allylic oxidation sites excluding steroid dienone is 1. The van der Waals surface area contributed by atoms with Gasteiger partial charge in [0.25, 0.3) is 5.56 Å². The fourth-order valence-electron chi connectivity index (χ4n) is 2.39. The minimum Gasteiger partial charge on any atom is -0.477 e. The Labute approximate surface area is 123 Å². The number of carboxylic acids is 1. The number of carboxylic acid groups (broad SMARTS) is 1. The third kappa shape index (κ3) is 2.79. The van der Waals surface area contributed by atoms with E-state index >= 15 is 0 Å². The molecule has 1 aromatic heterocycles. The summed E-state index contributed by atoms with van der Waals surface area (Å²) in [5, 5.41) is 9.07. The molecule has 0 radical (unpaired) electrons. The minimum atomic E-state index is -1.22. The molecule has 0 unspecified atom stereocenters. The van der Waals surface area contributed by atoms with Crippen LogP contribution in [0.4, 0.5) is 0 Å². The number of aryl methyl sites for hydroxylation is 2. The van der Waals surface area contributed by atoms with Gasteiger partial charge >= 0.3 is 5.97 Å². The summed E-state index contributed by atoms with van der Waals surface area (Å²) < 4.78 is 1.44. The van der Waals surface area contributed by atoms with E-state index < -0.39 is 11.5 Å². The van der Waals surface area contributed by atoms with Gasteiger partial charge in [0.05, 0.1) is 5.69 Å². The molecule has 1 heterocycles. The number of aromatic nitrogens is 1. The van der Waals surface area contributed by atoms with Gasteiger partial charge in [-0.05, 0) is 31.5 Å². The van der Waals surface area contributed by atoms with Crippen LogP contribution < -0.4 is 5.56 Å². The first-order chi connectivity index (χ1) is 9.95. The zero-order valence-electron chi connectivity index (χ0n) is 12.1. The highest BCUT2D eigenvalue weighted by Gasteiger charge is 2.15. The molecule has 21 heavy (non-hydrogen) atoms. The smallest absolute Gasteiger partial charge is 0.341 e. The second kappa shape index (κ2) is 5.79. The van der Waals surface area contributed by atoms with Crippen LogP contribution in [0.1, 0.15) is 21.5 Å². The molecule has 2 aromatic rings. The van der Waals surface area contributed by atoms with Gasteiger partial charge in [0.15, 0.2) is 0 Å². The van der Waals surface area contributed by atoms with Crippen LogP contribution in [0, 0.1) is 13.8 Å². The Balaban J connectivity index is 2.74. The molecule has 0 aliphatic rings. The third-order valence-electron chi connectivity index (χ3n) is 3.37. The van der Waals surface area contributed by atoms with E-state index in [1.54, 1.807) is 12.1 Å². The predicted octanol–water partition coefficient (Wildman–Crippen LogP) is 3.02. The zero-order valence-corrected chi connectivity index (χ0v) is 12.1. The topological polar surface area (TPSA) is 59.3 Å². The van der Waals surface area contributed by atoms with Gasteiger partial charge in [-0.3, -0.25) is 4.79 Å². The van der Waals surface area contributed by atoms with Gasteiger partial charge in [0.1, 0.15) is 5.56 Å². The second-order valence-corrected chi connectivity index (χ2v) is 4.96. The Morgan fingerprint density at radius 2 is 2.00 bits per heavy atom. The monoisotopic (exact) mass is 283 g/mol. The van der Waals surface area contributed by atoms with Crippen LogP contribution in [0.25, 0.3) is 11.3 Å². The Kier molecular flexibility index (Phi) is 4.08. The van der Waals surface area contributed by atoms with E-state index in [4.69, 9.17) is 5.11 Å². The summed E-state index contributed by atoms with van der Waals surface area (Å²) in [7, 11) is 0. The summed E-state index contributed by atoms with van der Waals surface area (Å²) in [5.74, 6) is -1.22. The fourth-order valence-corrected chi connectivity index (χ4v) is 2.39. The van der Waals surface area contributed by atoms with Crippen molar-refractivity contribution in [1.29, 1.82) is 0 Å². The predicted molar refractivity (Wildman–Crippen MR) is 82.8 cm³/mol. The van der Waals surface area contributed by atoms with Crippen LogP contribution in [0.3, 0.4) is 0 Å². The molecule has 4 heteroatoms. The number of hydrogen-bond donors (Lipinski definition) is 1. The highest BCUT2D eigenvalue weighted by molar-refractivity contribution is 5.87. The van der Waals surface area contributed by atoms with E-state index in [2.05, 4.69) is 6.58 Å². The number of pyridine rings is 1. The maximum Gasteiger partial charge on any atom is 0.341 e. The van der Waals surface area contributed by atoms with Crippen molar-refractivity contribution < 1.29 is 9.90 Å². The van der Waals surface area contributed by atoms with Gasteiger partial charge in [-0.15, -0.1) is 6.58 Å². The van der Waals surface area contributed by atoms with Crippen LogP contribution in [-0.4, -0.2) is 15.6 Å². The van der Waals surface area contributed by atoms with Crippen molar-refractivity contribution in [3.05, 3.63) is 70.0 Å². The molecule has 0 bridgehead atoms. The molecule has 4 nitrogen and oxygen atoms in total. The fraction of sp³-hybridized carbons (Fsp3) is 0.176. The average Bonchev–Trinajstić information content (AvgIpc) is 2.41. The lowest BCUT2D eigenvalue weighted by Crippen LogP contribution is -2.27. The minimum absolute atomic E-state index is 0.231. The van der Waals surface area contributed by atoms with Crippen molar-refractivity contribution >= 4 is 5.97 Å². The van der Waals surface area contributed by atoms with Crippen LogP contribution in [0.5, 0.6) is 0 Å². The lowest BCUT2D eigenvalue weighted by molar-refractivity contribution is 0.0694.